The van der Waals surface area contributed by atoms with Gasteiger partial charge >= 0.3 is 0 Å². The molecular weight excluding hydrogens is 489 g/mol. The molecule has 5 N–H and O–H groups in total. The van der Waals surface area contributed by atoms with E-state index < -0.39 is 11.4 Å². The van der Waals surface area contributed by atoms with Crippen molar-refractivity contribution in [3.63, 3.8) is 0 Å². The number of carbonyl (C=O) groups is 1. The topological polar surface area (TPSA) is 136 Å². The van der Waals surface area contributed by atoms with Crippen LogP contribution < -0.4 is 21.1 Å². The van der Waals surface area contributed by atoms with Crippen molar-refractivity contribution < 1.29 is 9.53 Å². The zero-order valence-corrected chi connectivity index (χ0v) is 20.4. The number of piperidine rings is 1. The fraction of sp³-hybridized carbons (Fsp3) is 0.250. The number of H-pyrrole nitrogens is 1. The summed E-state index contributed by atoms with van der Waals surface area (Å²) in [4.78, 5) is 23.5. The summed E-state index contributed by atoms with van der Waals surface area (Å²) in [7, 11) is 1.63. The van der Waals surface area contributed by atoms with Crippen molar-refractivity contribution in [2.24, 2.45) is 11.5 Å². The highest BCUT2D eigenvalue weighted by Gasteiger charge is 2.34. The summed E-state index contributed by atoms with van der Waals surface area (Å²) in [6, 6.07) is 13.0. The fourth-order valence-electron chi connectivity index (χ4n) is 4.44. The molecule has 0 radical (unpaired) electrons. The summed E-state index contributed by atoms with van der Waals surface area (Å²) in [6.07, 6.45) is 1.35. The molecule has 0 atom stereocenters. The lowest BCUT2D eigenvalue weighted by Crippen LogP contribution is -2.48. The average molecular weight is 512 g/mol. The smallest absolute Gasteiger partial charge is 0.268 e. The Hall–Kier alpha value is -3.40. The van der Waals surface area contributed by atoms with Crippen LogP contribution in [0.15, 0.2) is 42.5 Å². The molecule has 2 aromatic heterocycles. The Balaban J connectivity index is 1.47. The van der Waals surface area contributed by atoms with Gasteiger partial charge in [0.05, 0.1) is 28.2 Å². The van der Waals surface area contributed by atoms with Crippen molar-refractivity contribution >= 4 is 46.1 Å². The third-order valence-electron chi connectivity index (χ3n) is 6.46. The van der Waals surface area contributed by atoms with E-state index in [0.29, 0.717) is 64.2 Å². The zero-order valence-electron chi connectivity index (χ0n) is 18.9. The lowest BCUT2D eigenvalue weighted by atomic mass is 9.82. The van der Waals surface area contributed by atoms with E-state index >= 15 is 0 Å². The Kier molecular flexibility index (Phi) is 6.00. The molecule has 1 aliphatic heterocycles. The Morgan fingerprint density at radius 1 is 1.11 bits per heavy atom. The molecule has 0 saturated carbocycles. The highest BCUT2D eigenvalue weighted by atomic mass is 35.5. The SMILES string of the molecule is COc1ccc(C2(N)CCN(c3nc(C(N)=O)c4c(-c5cccc(Cl)c5Cl)[nH]nc4n3)CC2)cc1. The second kappa shape index (κ2) is 8.99. The number of nitrogens with two attached hydrogens (primary N) is 2. The molecule has 1 aliphatic rings. The zero-order chi connectivity index (χ0) is 24.7. The van der Waals surface area contributed by atoms with Crippen LogP contribution >= 0.6 is 23.2 Å². The molecule has 1 fully saturated rings. The standard InChI is InChI=1S/C24H23Cl2N7O2/c1-35-14-7-5-13(6-8-14)24(28)9-11-33(12-10-24)23-29-20(21(27)34)17-19(31-32-22(17)30-23)15-3-2-4-16(25)18(15)26/h2-8H,9-12,28H2,1H3,(H2,27,34)(H,29,30,31,32). The van der Waals surface area contributed by atoms with E-state index in [-0.39, 0.29) is 5.69 Å². The van der Waals surface area contributed by atoms with Crippen molar-refractivity contribution in [1.29, 1.82) is 0 Å². The van der Waals surface area contributed by atoms with Gasteiger partial charge in [-0.3, -0.25) is 9.89 Å². The van der Waals surface area contributed by atoms with Crippen molar-refractivity contribution in [3.8, 4) is 17.0 Å². The number of amides is 1. The van der Waals surface area contributed by atoms with Crippen LogP contribution in [0.5, 0.6) is 5.75 Å². The number of rotatable bonds is 5. The number of hydrogen-bond acceptors (Lipinski definition) is 7. The van der Waals surface area contributed by atoms with E-state index in [9.17, 15) is 4.79 Å². The number of methoxy groups -OCH3 is 1. The van der Waals surface area contributed by atoms with Crippen LogP contribution in [0.3, 0.4) is 0 Å². The van der Waals surface area contributed by atoms with Gasteiger partial charge in [-0.05, 0) is 36.6 Å². The van der Waals surface area contributed by atoms with E-state index in [1.165, 1.54) is 0 Å². The van der Waals surface area contributed by atoms with Crippen molar-refractivity contribution in [2.45, 2.75) is 18.4 Å². The van der Waals surface area contributed by atoms with Crippen LogP contribution in [-0.2, 0) is 5.54 Å². The first-order chi connectivity index (χ1) is 16.8. The molecule has 11 heteroatoms. The van der Waals surface area contributed by atoms with Gasteiger partial charge in [-0.25, -0.2) is 4.98 Å². The first kappa shape index (κ1) is 23.3. The largest absolute Gasteiger partial charge is 0.497 e. The summed E-state index contributed by atoms with van der Waals surface area (Å²) in [5.41, 5.74) is 14.5. The first-order valence-electron chi connectivity index (χ1n) is 11.0. The van der Waals surface area contributed by atoms with Crippen LogP contribution in [0.4, 0.5) is 5.95 Å². The Morgan fingerprint density at radius 2 is 1.83 bits per heavy atom. The minimum Gasteiger partial charge on any atom is -0.497 e. The highest BCUT2D eigenvalue weighted by molar-refractivity contribution is 6.43. The van der Waals surface area contributed by atoms with Crippen LogP contribution in [-0.4, -0.2) is 46.3 Å². The number of aromatic amines is 1. The summed E-state index contributed by atoms with van der Waals surface area (Å²) in [6.45, 7) is 1.20. The fourth-order valence-corrected chi connectivity index (χ4v) is 4.84. The molecule has 4 aromatic rings. The summed E-state index contributed by atoms with van der Waals surface area (Å²) in [5.74, 6) is 0.467. The minimum atomic E-state index is -0.692. The number of aromatic nitrogens is 4. The van der Waals surface area contributed by atoms with E-state index in [2.05, 4.69) is 20.2 Å². The lowest BCUT2D eigenvalue weighted by molar-refractivity contribution is 0.0997. The number of hydrogen-bond donors (Lipinski definition) is 3. The molecule has 5 rings (SSSR count). The normalized spacial score (nSPS) is 15.4. The van der Waals surface area contributed by atoms with Crippen LogP contribution in [0.25, 0.3) is 22.3 Å². The Morgan fingerprint density at radius 3 is 2.49 bits per heavy atom. The third kappa shape index (κ3) is 4.16. The van der Waals surface area contributed by atoms with Gasteiger partial charge in [0.2, 0.25) is 5.95 Å². The second-order valence-electron chi connectivity index (χ2n) is 8.51. The van der Waals surface area contributed by atoms with Crippen LogP contribution in [0, 0.1) is 0 Å². The molecule has 2 aromatic carbocycles. The van der Waals surface area contributed by atoms with Gasteiger partial charge in [0.1, 0.15) is 11.4 Å². The van der Waals surface area contributed by atoms with Crippen molar-refractivity contribution in [3.05, 3.63) is 63.8 Å². The number of anilines is 1. The summed E-state index contributed by atoms with van der Waals surface area (Å²) >= 11 is 12.6. The van der Waals surface area contributed by atoms with E-state index in [1.807, 2.05) is 29.2 Å². The first-order valence-corrected chi connectivity index (χ1v) is 11.7. The number of benzene rings is 2. The van der Waals surface area contributed by atoms with Gasteiger partial charge in [-0.2, -0.15) is 10.1 Å². The van der Waals surface area contributed by atoms with Gasteiger partial charge in [-0.15, -0.1) is 0 Å². The maximum absolute atomic E-state index is 12.4. The minimum absolute atomic E-state index is 0.0598. The third-order valence-corrected chi connectivity index (χ3v) is 7.28. The number of nitrogens with one attached hydrogen (secondary N) is 1. The summed E-state index contributed by atoms with van der Waals surface area (Å²) < 4.78 is 5.25. The van der Waals surface area contributed by atoms with Crippen molar-refractivity contribution in [1.82, 2.24) is 20.2 Å². The number of nitrogens with zero attached hydrogens (tertiary/aromatic N) is 4. The molecule has 9 nitrogen and oxygen atoms in total. The van der Waals surface area contributed by atoms with Gasteiger partial charge in [0.15, 0.2) is 5.65 Å². The predicted octanol–water partition coefficient (Wildman–Crippen LogP) is 3.89. The number of ether oxygens (including phenoxy) is 1. The van der Waals surface area contributed by atoms with Gasteiger partial charge in [0, 0.05) is 24.2 Å². The maximum atomic E-state index is 12.4. The Bertz CT molecular complexity index is 1410. The molecule has 1 saturated heterocycles. The van der Waals surface area contributed by atoms with Gasteiger partial charge in [-0.1, -0.05) is 47.5 Å². The number of primary amides is 1. The molecule has 3 heterocycles. The Labute approximate surface area is 211 Å². The number of fused-ring (bicyclic) bond motifs is 1. The summed E-state index contributed by atoms with van der Waals surface area (Å²) in [5, 5.41) is 8.32. The van der Waals surface area contributed by atoms with Crippen LogP contribution in [0.2, 0.25) is 10.0 Å². The molecule has 0 bridgehead atoms. The molecule has 0 aliphatic carbocycles. The average Bonchev–Trinajstić information content (AvgIpc) is 3.29. The van der Waals surface area contributed by atoms with Crippen LogP contribution in [0.1, 0.15) is 28.9 Å². The molecular formula is C24H23Cl2N7O2. The molecule has 35 heavy (non-hydrogen) atoms. The van der Waals surface area contributed by atoms with E-state index in [4.69, 9.17) is 39.4 Å². The second-order valence-corrected chi connectivity index (χ2v) is 9.29. The molecule has 0 spiro atoms. The van der Waals surface area contributed by atoms with E-state index in [1.54, 1.807) is 25.3 Å². The number of carbonyl (C=O) groups excluding carboxylic acids is 1. The van der Waals surface area contributed by atoms with Gasteiger partial charge < -0.3 is 21.1 Å². The maximum Gasteiger partial charge on any atom is 0.268 e. The molecule has 1 amide bonds. The lowest BCUT2D eigenvalue weighted by Gasteiger charge is -2.39. The van der Waals surface area contributed by atoms with E-state index in [0.717, 1.165) is 11.3 Å². The van der Waals surface area contributed by atoms with Gasteiger partial charge in [0.25, 0.3) is 5.91 Å². The number of halogens is 2. The quantitative estimate of drug-likeness (QED) is 0.369. The predicted molar refractivity (Wildman–Crippen MR) is 136 cm³/mol. The van der Waals surface area contributed by atoms with Crippen molar-refractivity contribution in [2.75, 3.05) is 25.1 Å². The highest BCUT2D eigenvalue weighted by Crippen LogP contribution is 2.37. The monoisotopic (exact) mass is 511 g/mol. The molecule has 0 unspecified atom stereocenters. The molecule has 180 valence electrons.